The van der Waals surface area contributed by atoms with E-state index in [9.17, 15) is 9.59 Å². The van der Waals surface area contributed by atoms with Crippen LogP contribution in [0.25, 0.3) is 0 Å². The summed E-state index contributed by atoms with van der Waals surface area (Å²) in [6.45, 7) is 0.00788. The molecule has 1 aromatic rings. The van der Waals surface area contributed by atoms with Crippen LogP contribution < -0.4 is 10.1 Å². The number of carbonyl (C=O) groups excluding carboxylic acids is 2. The second-order valence-electron chi connectivity index (χ2n) is 3.87. The molecule has 0 radical (unpaired) electrons. The van der Waals surface area contributed by atoms with Crippen LogP contribution in [0.15, 0.2) is 35.9 Å². The maximum absolute atomic E-state index is 11.9. The van der Waals surface area contributed by atoms with Crippen LogP contribution in [-0.4, -0.2) is 36.1 Å². The van der Waals surface area contributed by atoms with E-state index in [0.29, 0.717) is 17.2 Å². The predicted octanol–water partition coefficient (Wildman–Crippen LogP) is 1.68. The van der Waals surface area contributed by atoms with Crippen LogP contribution >= 0.6 is 11.8 Å². The minimum atomic E-state index is -0.255. The molecule has 100 valence electrons. The van der Waals surface area contributed by atoms with E-state index in [-0.39, 0.29) is 18.4 Å². The summed E-state index contributed by atoms with van der Waals surface area (Å²) in [7, 11) is 1.54. The number of ether oxygens (including phenoxy) is 1. The van der Waals surface area contributed by atoms with Crippen molar-refractivity contribution in [3.8, 4) is 5.75 Å². The van der Waals surface area contributed by atoms with Crippen molar-refractivity contribution in [2.45, 2.75) is 0 Å². The van der Waals surface area contributed by atoms with Gasteiger partial charge in [0.1, 0.15) is 12.3 Å². The molecule has 19 heavy (non-hydrogen) atoms. The number of methoxy groups -OCH3 is 1. The molecule has 1 N–H and O–H groups in total. The monoisotopic (exact) mass is 278 g/mol. The molecule has 0 spiro atoms. The molecule has 0 bridgehead atoms. The van der Waals surface area contributed by atoms with Gasteiger partial charge in [0.25, 0.3) is 0 Å². The molecule has 0 fully saturated rings. The highest BCUT2D eigenvalue weighted by atomic mass is 32.2. The first-order chi connectivity index (χ1) is 9.20. The van der Waals surface area contributed by atoms with Crippen molar-refractivity contribution in [2.24, 2.45) is 0 Å². The Morgan fingerprint density at radius 2 is 2.26 bits per heavy atom. The zero-order valence-electron chi connectivity index (χ0n) is 10.5. The van der Waals surface area contributed by atoms with Crippen LogP contribution in [0.2, 0.25) is 0 Å². The van der Waals surface area contributed by atoms with Crippen molar-refractivity contribution in [1.29, 1.82) is 0 Å². The van der Waals surface area contributed by atoms with E-state index in [2.05, 4.69) is 5.32 Å². The molecule has 1 aliphatic rings. The minimum Gasteiger partial charge on any atom is -0.495 e. The molecule has 0 saturated heterocycles. The lowest BCUT2D eigenvalue weighted by atomic mass is 10.3. The number of amides is 2. The molecule has 2 rings (SSSR count). The molecule has 1 aliphatic heterocycles. The Morgan fingerprint density at radius 3 is 3.00 bits per heavy atom. The van der Waals surface area contributed by atoms with Crippen molar-refractivity contribution in [2.75, 3.05) is 24.7 Å². The smallest absolute Gasteiger partial charge is 0.244 e. The summed E-state index contributed by atoms with van der Waals surface area (Å²) in [6, 6.07) is 7.14. The van der Waals surface area contributed by atoms with E-state index >= 15 is 0 Å². The Bertz CT molecular complexity index is 516. The Hall–Kier alpha value is -1.95. The van der Waals surface area contributed by atoms with Gasteiger partial charge in [0.2, 0.25) is 11.8 Å². The average Bonchev–Trinajstić information content (AvgIpc) is 2.42. The van der Waals surface area contributed by atoms with E-state index in [0.717, 1.165) is 0 Å². The fourth-order valence-electron chi connectivity index (χ4n) is 1.64. The number of nitrogens with zero attached hydrogens (tertiary/aromatic N) is 1. The van der Waals surface area contributed by atoms with Gasteiger partial charge in [-0.25, -0.2) is 0 Å². The van der Waals surface area contributed by atoms with E-state index < -0.39 is 0 Å². The number of nitrogens with one attached hydrogen (secondary N) is 1. The third kappa shape index (κ3) is 3.51. The minimum absolute atomic E-state index is 0.00788. The quantitative estimate of drug-likeness (QED) is 0.910. The Balaban J connectivity index is 1.99. The van der Waals surface area contributed by atoms with Crippen molar-refractivity contribution in [3.05, 3.63) is 35.9 Å². The van der Waals surface area contributed by atoms with Gasteiger partial charge in [-0.05, 0) is 17.5 Å². The summed E-state index contributed by atoms with van der Waals surface area (Å²) in [6.07, 6.45) is 1.62. The molecule has 0 aromatic heterocycles. The van der Waals surface area contributed by atoms with Crippen LogP contribution in [0.3, 0.4) is 0 Å². The van der Waals surface area contributed by atoms with Crippen molar-refractivity contribution in [1.82, 2.24) is 4.90 Å². The fourth-order valence-corrected chi connectivity index (χ4v) is 2.27. The third-order valence-corrected chi connectivity index (χ3v) is 3.29. The van der Waals surface area contributed by atoms with Crippen molar-refractivity contribution < 1.29 is 14.3 Å². The molecule has 6 heteroatoms. The standard InChI is InChI=1S/C13H14N2O3S/c1-18-11-5-3-2-4-10(11)14-12(16)8-15-6-7-19-9-13(15)17/h2-7H,8-9H2,1H3,(H,14,16). The summed E-state index contributed by atoms with van der Waals surface area (Å²) in [4.78, 5) is 24.9. The predicted molar refractivity (Wildman–Crippen MR) is 74.9 cm³/mol. The largest absolute Gasteiger partial charge is 0.495 e. The molecular weight excluding hydrogens is 264 g/mol. The summed E-state index contributed by atoms with van der Waals surface area (Å²) >= 11 is 1.42. The Morgan fingerprint density at radius 1 is 1.47 bits per heavy atom. The van der Waals surface area contributed by atoms with E-state index in [1.807, 2.05) is 6.07 Å². The maximum Gasteiger partial charge on any atom is 0.244 e. The Kier molecular flexibility index (Phi) is 4.46. The number of anilines is 1. The van der Waals surface area contributed by atoms with E-state index in [1.165, 1.54) is 16.7 Å². The Labute approximate surface area is 115 Å². The summed E-state index contributed by atoms with van der Waals surface area (Å²) in [5.74, 6) is 0.641. The summed E-state index contributed by atoms with van der Waals surface area (Å²) < 4.78 is 5.14. The number of hydrogen-bond acceptors (Lipinski definition) is 4. The molecule has 0 aliphatic carbocycles. The van der Waals surface area contributed by atoms with Gasteiger partial charge in [-0.3, -0.25) is 9.59 Å². The number of benzene rings is 1. The zero-order chi connectivity index (χ0) is 13.7. The summed E-state index contributed by atoms with van der Waals surface area (Å²) in [5.41, 5.74) is 0.595. The van der Waals surface area contributed by atoms with Gasteiger partial charge < -0.3 is 15.0 Å². The number of thioether (sulfide) groups is 1. The molecule has 1 heterocycles. The van der Waals surface area contributed by atoms with Crippen molar-refractivity contribution in [3.63, 3.8) is 0 Å². The van der Waals surface area contributed by atoms with Crippen LogP contribution in [0.4, 0.5) is 5.69 Å². The number of carbonyl (C=O) groups is 2. The van der Waals surface area contributed by atoms with E-state index in [1.54, 1.807) is 36.9 Å². The number of hydrogen-bond donors (Lipinski definition) is 1. The van der Waals surface area contributed by atoms with Gasteiger partial charge >= 0.3 is 0 Å². The van der Waals surface area contributed by atoms with E-state index in [4.69, 9.17) is 4.74 Å². The first kappa shape index (κ1) is 13.5. The molecule has 2 amide bonds. The van der Waals surface area contributed by atoms with Gasteiger partial charge in [-0.2, -0.15) is 0 Å². The van der Waals surface area contributed by atoms with Gasteiger partial charge in [-0.1, -0.05) is 12.1 Å². The normalized spacial score (nSPS) is 14.4. The third-order valence-electron chi connectivity index (χ3n) is 2.56. The van der Waals surface area contributed by atoms with Gasteiger partial charge in [0.05, 0.1) is 18.6 Å². The molecule has 1 aromatic carbocycles. The van der Waals surface area contributed by atoms with Crippen LogP contribution in [-0.2, 0) is 9.59 Å². The lowest BCUT2D eigenvalue weighted by Crippen LogP contribution is -2.36. The lowest BCUT2D eigenvalue weighted by Gasteiger charge is -2.20. The molecular formula is C13H14N2O3S. The molecule has 0 atom stereocenters. The fraction of sp³-hybridized carbons (Fsp3) is 0.231. The van der Waals surface area contributed by atoms with Crippen LogP contribution in [0.1, 0.15) is 0 Å². The highest BCUT2D eigenvalue weighted by Crippen LogP contribution is 2.23. The SMILES string of the molecule is COc1ccccc1NC(=O)CN1C=CSCC1=O. The molecule has 0 unspecified atom stereocenters. The summed E-state index contributed by atoms with van der Waals surface area (Å²) in [5, 5.41) is 4.53. The number of para-hydroxylation sites is 2. The van der Waals surface area contributed by atoms with Crippen molar-refractivity contribution >= 4 is 29.3 Å². The average molecular weight is 278 g/mol. The molecule has 5 nitrogen and oxygen atoms in total. The molecule has 0 saturated carbocycles. The first-order valence-electron chi connectivity index (χ1n) is 5.71. The van der Waals surface area contributed by atoms with Gasteiger partial charge in [0.15, 0.2) is 0 Å². The van der Waals surface area contributed by atoms with Gasteiger partial charge in [0, 0.05) is 6.20 Å². The highest BCUT2D eigenvalue weighted by Gasteiger charge is 2.18. The second-order valence-corrected chi connectivity index (χ2v) is 4.76. The van der Waals surface area contributed by atoms with Crippen LogP contribution in [0.5, 0.6) is 5.75 Å². The second kappa shape index (κ2) is 6.29. The van der Waals surface area contributed by atoms with Crippen LogP contribution in [0, 0.1) is 0 Å². The zero-order valence-corrected chi connectivity index (χ0v) is 11.3. The lowest BCUT2D eigenvalue weighted by molar-refractivity contribution is -0.129. The topological polar surface area (TPSA) is 58.6 Å². The highest BCUT2D eigenvalue weighted by molar-refractivity contribution is 8.02. The first-order valence-corrected chi connectivity index (χ1v) is 6.76. The number of rotatable bonds is 4. The van der Waals surface area contributed by atoms with Gasteiger partial charge in [-0.15, -0.1) is 11.8 Å². The maximum atomic E-state index is 11.9.